The number of amides is 1. The predicted octanol–water partition coefficient (Wildman–Crippen LogP) is 1.89. The summed E-state index contributed by atoms with van der Waals surface area (Å²) >= 11 is 0. The summed E-state index contributed by atoms with van der Waals surface area (Å²) in [5.41, 5.74) is 0.727. The summed E-state index contributed by atoms with van der Waals surface area (Å²) in [6.45, 7) is 7.98. The number of hydrogen-bond donors (Lipinski definition) is 0. The van der Waals surface area contributed by atoms with Crippen molar-refractivity contribution >= 4 is 5.91 Å². The molecule has 7 heteroatoms. The normalized spacial score (nSPS) is 19.5. The Balaban J connectivity index is 1.80. The molecule has 0 bridgehead atoms. The molecule has 0 unspecified atom stereocenters. The van der Waals surface area contributed by atoms with Gasteiger partial charge in [0.15, 0.2) is 5.82 Å². The van der Waals surface area contributed by atoms with Crippen LogP contribution in [-0.4, -0.2) is 57.1 Å². The molecule has 0 N–H and O–H groups in total. The molecular weight excluding hydrogens is 294 g/mol. The lowest BCUT2D eigenvalue weighted by Crippen LogP contribution is -2.49. The molecule has 1 aliphatic rings. The summed E-state index contributed by atoms with van der Waals surface area (Å²) in [6.07, 6.45) is 1.95. The molecule has 2 aromatic heterocycles. The van der Waals surface area contributed by atoms with Crippen molar-refractivity contribution in [2.75, 3.05) is 26.7 Å². The Labute approximate surface area is 135 Å². The van der Waals surface area contributed by atoms with Gasteiger partial charge >= 0.3 is 0 Å². The standard InChI is InChI=1S/C16H23N5O2/c1-11(2)21-7-5-6-13(21)16(22)20-9-8-19(4)14(10-20)15-17-12(3)18-23-15/h5-7,11,14H,8-10H2,1-4H3/t14-/m1/s1. The zero-order valence-electron chi connectivity index (χ0n) is 14.1. The van der Waals surface area contributed by atoms with Crippen molar-refractivity contribution in [2.45, 2.75) is 32.9 Å². The van der Waals surface area contributed by atoms with E-state index in [1.54, 1.807) is 6.92 Å². The molecule has 1 amide bonds. The van der Waals surface area contributed by atoms with Crippen LogP contribution in [0.1, 0.15) is 48.1 Å². The van der Waals surface area contributed by atoms with E-state index < -0.39 is 0 Å². The quantitative estimate of drug-likeness (QED) is 0.865. The van der Waals surface area contributed by atoms with Crippen molar-refractivity contribution in [3.8, 4) is 0 Å². The average molecular weight is 317 g/mol. The monoisotopic (exact) mass is 317 g/mol. The molecule has 0 spiro atoms. The van der Waals surface area contributed by atoms with E-state index in [1.807, 2.05) is 34.8 Å². The number of carbonyl (C=O) groups excluding carboxylic acids is 1. The summed E-state index contributed by atoms with van der Waals surface area (Å²) in [6, 6.07) is 4.00. The van der Waals surface area contributed by atoms with Crippen molar-refractivity contribution < 1.29 is 9.32 Å². The molecule has 23 heavy (non-hydrogen) atoms. The van der Waals surface area contributed by atoms with Gasteiger partial charge in [0.05, 0.1) is 0 Å². The lowest BCUT2D eigenvalue weighted by molar-refractivity contribution is 0.0478. The van der Waals surface area contributed by atoms with Crippen LogP contribution in [0, 0.1) is 6.92 Å². The first-order chi connectivity index (χ1) is 11.0. The minimum Gasteiger partial charge on any atom is -0.341 e. The molecule has 1 fully saturated rings. The minimum atomic E-state index is -0.0589. The maximum atomic E-state index is 12.9. The molecule has 2 aromatic rings. The number of likely N-dealkylation sites (N-methyl/N-ethyl adjacent to an activating group) is 1. The fraction of sp³-hybridized carbons (Fsp3) is 0.562. The molecule has 124 valence electrons. The average Bonchev–Trinajstić information content (AvgIpc) is 3.16. The van der Waals surface area contributed by atoms with Gasteiger partial charge in [-0.05, 0) is 40.0 Å². The van der Waals surface area contributed by atoms with Gasteiger partial charge in [-0.2, -0.15) is 4.98 Å². The summed E-state index contributed by atoms with van der Waals surface area (Å²) in [5.74, 6) is 1.24. The summed E-state index contributed by atoms with van der Waals surface area (Å²) in [7, 11) is 2.02. The molecule has 0 saturated carbocycles. The third-order valence-electron chi connectivity index (χ3n) is 4.32. The van der Waals surface area contributed by atoms with E-state index in [-0.39, 0.29) is 18.0 Å². The molecule has 0 aromatic carbocycles. The van der Waals surface area contributed by atoms with Gasteiger partial charge in [-0.3, -0.25) is 9.69 Å². The van der Waals surface area contributed by atoms with Gasteiger partial charge < -0.3 is 14.0 Å². The lowest BCUT2D eigenvalue weighted by atomic mass is 10.1. The minimum absolute atomic E-state index is 0.0537. The van der Waals surface area contributed by atoms with Crippen LogP contribution in [0.15, 0.2) is 22.9 Å². The van der Waals surface area contributed by atoms with Gasteiger partial charge in [-0.1, -0.05) is 5.16 Å². The lowest BCUT2D eigenvalue weighted by Gasteiger charge is -2.37. The second-order valence-electron chi connectivity index (χ2n) is 6.32. The second-order valence-corrected chi connectivity index (χ2v) is 6.32. The van der Waals surface area contributed by atoms with Gasteiger partial charge in [-0.15, -0.1) is 0 Å². The number of piperazine rings is 1. The second kappa shape index (κ2) is 6.16. The first-order valence-electron chi connectivity index (χ1n) is 7.94. The van der Waals surface area contributed by atoms with Gasteiger partial charge in [0, 0.05) is 31.9 Å². The molecular formula is C16H23N5O2. The number of aryl methyl sites for hydroxylation is 1. The van der Waals surface area contributed by atoms with Crippen LogP contribution >= 0.6 is 0 Å². The fourth-order valence-corrected chi connectivity index (χ4v) is 2.96. The van der Waals surface area contributed by atoms with E-state index in [1.165, 1.54) is 0 Å². The third-order valence-corrected chi connectivity index (χ3v) is 4.32. The molecule has 1 aliphatic heterocycles. The number of nitrogens with zero attached hydrogens (tertiary/aromatic N) is 5. The van der Waals surface area contributed by atoms with Crippen LogP contribution in [0.5, 0.6) is 0 Å². The van der Waals surface area contributed by atoms with Crippen LogP contribution in [0.4, 0.5) is 0 Å². The van der Waals surface area contributed by atoms with Crippen molar-refractivity contribution in [2.24, 2.45) is 0 Å². The molecule has 7 nitrogen and oxygen atoms in total. The van der Waals surface area contributed by atoms with Gasteiger partial charge in [-0.25, -0.2) is 0 Å². The van der Waals surface area contributed by atoms with Crippen LogP contribution < -0.4 is 0 Å². The molecule has 3 heterocycles. The highest BCUT2D eigenvalue weighted by Crippen LogP contribution is 2.24. The van der Waals surface area contributed by atoms with Crippen molar-refractivity contribution in [1.29, 1.82) is 0 Å². The molecule has 3 rings (SSSR count). The van der Waals surface area contributed by atoms with Crippen molar-refractivity contribution in [3.05, 3.63) is 35.7 Å². The highest BCUT2D eigenvalue weighted by Gasteiger charge is 2.33. The van der Waals surface area contributed by atoms with E-state index in [0.717, 1.165) is 12.2 Å². The van der Waals surface area contributed by atoms with Gasteiger partial charge in [0.1, 0.15) is 11.7 Å². The summed E-state index contributed by atoms with van der Waals surface area (Å²) in [5, 5.41) is 3.86. The number of hydrogen-bond acceptors (Lipinski definition) is 5. The summed E-state index contributed by atoms with van der Waals surface area (Å²) < 4.78 is 7.32. The first-order valence-corrected chi connectivity index (χ1v) is 7.94. The van der Waals surface area contributed by atoms with E-state index in [2.05, 4.69) is 28.9 Å². The van der Waals surface area contributed by atoms with E-state index >= 15 is 0 Å². The van der Waals surface area contributed by atoms with Crippen molar-refractivity contribution in [3.63, 3.8) is 0 Å². The fourth-order valence-electron chi connectivity index (χ4n) is 2.96. The first kappa shape index (κ1) is 15.7. The maximum absolute atomic E-state index is 12.9. The Morgan fingerprint density at radius 2 is 2.17 bits per heavy atom. The Morgan fingerprint density at radius 3 is 2.83 bits per heavy atom. The molecule has 1 saturated heterocycles. The predicted molar refractivity (Wildman–Crippen MR) is 85.1 cm³/mol. The largest absolute Gasteiger partial charge is 0.341 e. The van der Waals surface area contributed by atoms with E-state index in [9.17, 15) is 4.79 Å². The zero-order chi connectivity index (χ0) is 16.6. The van der Waals surface area contributed by atoms with Gasteiger partial charge in [0.2, 0.25) is 5.89 Å². The van der Waals surface area contributed by atoms with Gasteiger partial charge in [0.25, 0.3) is 5.91 Å². The van der Waals surface area contributed by atoms with Crippen LogP contribution in [0.3, 0.4) is 0 Å². The smallest absolute Gasteiger partial charge is 0.270 e. The number of aromatic nitrogens is 3. The number of carbonyl (C=O) groups is 1. The Bertz CT molecular complexity index is 690. The Morgan fingerprint density at radius 1 is 1.39 bits per heavy atom. The highest BCUT2D eigenvalue weighted by atomic mass is 16.5. The van der Waals surface area contributed by atoms with E-state index in [0.29, 0.717) is 24.8 Å². The van der Waals surface area contributed by atoms with Crippen LogP contribution in [0.2, 0.25) is 0 Å². The topological polar surface area (TPSA) is 67.4 Å². The molecule has 0 aliphatic carbocycles. The Hall–Kier alpha value is -2.15. The summed E-state index contributed by atoms with van der Waals surface area (Å²) in [4.78, 5) is 21.2. The zero-order valence-corrected chi connectivity index (χ0v) is 14.1. The SMILES string of the molecule is Cc1noc([C@H]2CN(C(=O)c3cccn3C(C)C)CCN2C)n1. The maximum Gasteiger partial charge on any atom is 0.270 e. The highest BCUT2D eigenvalue weighted by molar-refractivity contribution is 5.93. The Kier molecular flexibility index (Phi) is 4.21. The van der Waals surface area contributed by atoms with Crippen molar-refractivity contribution in [1.82, 2.24) is 24.5 Å². The number of rotatable bonds is 3. The third kappa shape index (κ3) is 3.01. The van der Waals surface area contributed by atoms with Crippen LogP contribution in [0.25, 0.3) is 0 Å². The van der Waals surface area contributed by atoms with Crippen LogP contribution in [-0.2, 0) is 0 Å². The molecule has 0 radical (unpaired) electrons. The molecule has 1 atom stereocenters. The van der Waals surface area contributed by atoms with E-state index in [4.69, 9.17) is 4.52 Å².